The number of amides is 1. The number of fused-ring (bicyclic) bond motifs is 1. The Hall–Kier alpha value is -2.95. The van der Waals surface area contributed by atoms with Crippen LogP contribution >= 0.6 is 0 Å². The van der Waals surface area contributed by atoms with Crippen LogP contribution in [0.2, 0.25) is 0 Å². The fraction of sp³-hybridized carbons (Fsp3) is 0.273. The molecule has 0 saturated carbocycles. The molecule has 4 nitrogen and oxygen atoms in total. The van der Waals surface area contributed by atoms with Gasteiger partial charge in [-0.1, -0.05) is 6.07 Å². The highest BCUT2D eigenvalue weighted by molar-refractivity contribution is 6.06. The van der Waals surface area contributed by atoms with Gasteiger partial charge in [0.05, 0.1) is 17.6 Å². The molecule has 0 spiro atoms. The van der Waals surface area contributed by atoms with E-state index in [4.69, 9.17) is 4.74 Å². The van der Waals surface area contributed by atoms with Gasteiger partial charge in [0, 0.05) is 24.2 Å². The van der Waals surface area contributed by atoms with Gasteiger partial charge in [-0.15, -0.1) is 0 Å². The van der Waals surface area contributed by atoms with E-state index in [1.165, 1.54) is 12.1 Å². The number of halogens is 1. The van der Waals surface area contributed by atoms with E-state index in [1.54, 1.807) is 31.0 Å². The van der Waals surface area contributed by atoms with Crippen LogP contribution in [0.3, 0.4) is 0 Å². The second kappa shape index (κ2) is 7.74. The first kappa shape index (κ1) is 18.8. The highest BCUT2D eigenvalue weighted by Gasteiger charge is 2.16. The summed E-state index contributed by atoms with van der Waals surface area (Å²) >= 11 is 0. The van der Waals surface area contributed by atoms with Gasteiger partial charge in [0.1, 0.15) is 18.2 Å². The van der Waals surface area contributed by atoms with E-state index in [-0.39, 0.29) is 11.7 Å². The van der Waals surface area contributed by atoms with Crippen molar-refractivity contribution >= 4 is 16.8 Å². The van der Waals surface area contributed by atoms with E-state index in [0.717, 1.165) is 16.9 Å². The third kappa shape index (κ3) is 4.42. The molecule has 5 heteroatoms. The van der Waals surface area contributed by atoms with Crippen LogP contribution in [0.4, 0.5) is 4.39 Å². The minimum absolute atomic E-state index is 0.138. The van der Waals surface area contributed by atoms with Crippen LogP contribution < -0.4 is 4.74 Å². The smallest absolute Gasteiger partial charge is 0.254 e. The largest absolute Gasteiger partial charge is 0.492 e. The maximum Gasteiger partial charge on any atom is 0.254 e. The average molecular weight is 366 g/mol. The first-order valence-electron chi connectivity index (χ1n) is 8.87. The Balaban J connectivity index is 1.73. The van der Waals surface area contributed by atoms with Crippen molar-refractivity contribution in [3.63, 3.8) is 0 Å². The van der Waals surface area contributed by atoms with Gasteiger partial charge in [-0.25, -0.2) is 4.39 Å². The normalized spacial score (nSPS) is 10.9. The summed E-state index contributed by atoms with van der Waals surface area (Å²) in [6.45, 7) is 6.67. The van der Waals surface area contributed by atoms with Gasteiger partial charge < -0.3 is 9.64 Å². The lowest BCUT2D eigenvalue weighted by atomic mass is 10.1. The molecular formula is C22H23FN2O2. The molecule has 0 fully saturated rings. The highest BCUT2D eigenvalue weighted by Crippen LogP contribution is 2.21. The molecule has 0 aliphatic carbocycles. The van der Waals surface area contributed by atoms with Crippen molar-refractivity contribution in [3.8, 4) is 5.75 Å². The lowest BCUT2D eigenvalue weighted by Gasteiger charge is -2.19. The van der Waals surface area contributed by atoms with Gasteiger partial charge in [0.15, 0.2) is 0 Å². The van der Waals surface area contributed by atoms with E-state index in [9.17, 15) is 9.18 Å². The molecule has 27 heavy (non-hydrogen) atoms. The molecule has 0 N–H and O–H groups in total. The number of pyridine rings is 1. The molecule has 0 aliphatic rings. The SMILES string of the molecule is Cc1cc(C)cc(OCCN(C)C(=O)c2cc(C)nc3cc(F)ccc23)c1. The van der Waals surface area contributed by atoms with Gasteiger partial charge in [-0.2, -0.15) is 0 Å². The number of hydrogen-bond donors (Lipinski definition) is 0. The molecule has 0 unspecified atom stereocenters. The number of aromatic nitrogens is 1. The molecular weight excluding hydrogens is 343 g/mol. The van der Waals surface area contributed by atoms with Crippen molar-refractivity contribution in [3.05, 3.63) is 70.7 Å². The van der Waals surface area contributed by atoms with Gasteiger partial charge in [0.25, 0.3) is 5.91 Å². The van der Waals surface area contributed by atoms with Crippen LogP contribution in [0.25, 0.3) is 10.9 Å². The number of likely N-dealkylation sites (N-methyl/N-ethyl adjacent to an activating group) is 1. The van der Waals surface area contributed by atoms with Gasteiger partial charge in [0.2, 0.25) is 0 Å². The lowest BCUT2D eigenvalue weighted by Crippen LogP contribution is -2.31. The molecule has 140 valence electrons. The van der Waals surface area contributed by atoms with Crippen LogP contribution in [0, 0.1) is 26.6 Å². The first-order chi connectivity index (χ1) is 12.8. The predicted molar refractivity (Wildman–Crippen MR) is 105 cm³/mol. The summed E-state index contributed by atoms with van der Waals surface area (Å²) in [7, 11) is 1.73. The van der Waals surface area contributed by atoms with Crippen molar-refractivity contribution in [2.75, 3.05) is 20.2 Å². The van der Waals surface area contributed by atoms with Crippen molar-refractivity contribution in [1.82, 2.24) is 9.88 Å². The summed E-state index contributed by atoms with van der Waals surface area (Å²) in [6.07, 6.45) is 0. The minimum Gasteiger partial charge on any atom is -0.492 e. The Morgan fingerprint density at radius 2 is 1.78 bits per heavy atom. The van der Waals surface area contributed by atoms with E-state index < -0.39 is 0 Å². The fourth-order valence-corrected chi connectivity index (χ4v) is 3.13. The van der Waals surface area contributed by atoms with E-state index >= 15 is 0 Å². The van der Waals surface area contributed by atoms with Gasteiger partial charge >= 0.3 is 0 Å². The summed E-state index contributed by atoms with van der Waals surface area (Å²) in [5.74, 6) is 0.296. The van der Waals surface area contributed by atoms with Crippen LogP contribution in [-0.2, 0) is 0 Å². The highest BCUT2D eigenvalue weighted by atomic mass is 19.1. The number of benzene rings is 2. The summed E-state index contributed by atoms with van der Waals surface area (Å²) < 4.78 is 19.3. The summed E-state index contributed by atoms with van der Waals surface area (Å²) in [4.78, 5) is 18.8. The predicted octanol–water partition coefficient (Wildman–Crippen LogP) is 4.45. The summed E-state index contributed by atoms with van der Waals surface area (Å²) in [5, 5.41) is 0.647. The summed E-state index contributed by atoms with van der Waals surface area (Å²) in [6, 6.07) is 12.1. The van der Waals surface area contributed by atoms with Gasteiger partial charge in [-0.05, 0) is 62.2 Å². The van der Waals surface area contributed by atoms with E-state index in [1.807, 2.05) is 26.0 Å². The third-order valence-corrected chi connectivity index (χ3v) is 4.37. The molecule has 3 rings (SSSR count). The van der Waals surface area contributed by atoms with Crippen LogP contribution in [-0.4, -0.2) is 36.0 Å². The molecule has 1 heterocycles. The van der Waals surface area contributed by atoms with Crippen molar-refractivity contribution in [2.45, 2.75) is 20.8 Å². The van der Waals surface area contributed by atoms with Crippen LogP contribution in [0.1, 0.15) is 27.2 Å². The number of aryl methyl sites for hydroxylation is 3. The Labute approximate surface area is 158 Å². The summed E-state index contributed by atoms with van der Waals surface area (Å²) in [5.41, 5.74) is 3.96. The third-order valence-electron chi connectivity index (χ3n) is 4.37. The number of ether oxygens (including phenoxy) is 1. The maximum absolute atomic E-state index is 13.5. The zero-order valence-corrected chi connectivity index (χ0v) is 16.0. The molecule has 3 aromatic rings. The fourth-order valence-electron chi connectivity index (χ4n) is 3.13. The second-order valence-corrected chi connectivity index (χ2v) is 6.87. The molecule has 2 aromatic carbocycles. The van der Waals surface area contributed by atoms with Crippen molar-refractivity contribution < 1.29 is 13.9 Å². The number of carbonyl (C=O) groups is 1. The van der Waals surface area contributed by atoms with Crippen molar-refractivity contribution in [2.24, 2.45) is 0 Å². The number of rotatable bonds is 5. The second-order valence-electron chi connectivity index (χ2n) is 6.87. The van der Waals surface area contributed by atoms with Gasteiger partial charge in [-0.3, -0.25) is 9.78 Å². The average Bonchev–Trinajstić information content (AvgIpc) is 2.59. The number of nitrogens with zero attached hydrogens (tertiary/aromatic N) is 2. The molecule has 1 aromatic heterocycles. The van der Waals surface area contributed by atoms with E-state index in [2.05, 4.69) is 11.1 Å². The maximum atomic E-state index is 13.5. The molecule has 0 saturated heterocycles. The lowest BCUT2D eigenvalue weighted by molar-refractivity contribution is 0.0775. The Kier molecular flexibility index (Phi) is 5.40. The first-order valence-corrected chi connectivity index (χ1v) is 8.87. The van der Waals surface area contributed by atoms with Crippen molar-refractivity contribution in [1.29, 1.82) is 0 Å². The molecule has 0 atom stereocenters. The Bertz CT molecular complexity index is 976. The molecule has 0 bridgehead atoms. The number of carbonyl (C=O) groups excluding carboxylic acids is 1. The standard InChI is InChI=1S/C22H23FN2O2/c1-14-9-15(2)11-18(10-14)27-8-7-25(4)22(26)20-12-16(3)24-21-13-17(23)5-6-19(20)21/h5-6,9-13H,7-8H2,1-4H3. The zero-order valence-electron chi connectivity index (χ0n) is 16.0. The number of hydrogen-bond acceptors (Lipinski definition) is 3. The topological polar surface area (TPSA) is 42.4 Å². The Morgan fingerprint density at radius 3 is 2.48 bits per heavy atom. The quantitative estimate of drug-likeness (QED) is 0.670. The Morgan fingerprint density at radius 1 is 1.07 bits per heavy atom. The zero-order chi connectivity index (χ0) is 19.6. The minimum atomic E-state index is -0.366. The van der Waals surface area contributed by atoms with Crippen LogP contribution in [0.5, 0.6) is 5.75 Å². The molecule has 1 amide bonds. The monoisotopic (exact) mass is 366 g/mol. The van der Waals surface area contributed by atoms with Crippen LogP contribution in [0.15, 0.2) is 42.5 Å². The van der Waals surface area contributed by atoms with E-state index in [0.29, 0.717) is 35.3 Å². The molecule has 0 aliphatic heterocycles. The molecule has 0 radical (unpaired) electrons.